The van der Waals surface area contributed by atoms with Gasteiger partial charge in [0.2, 0.25) is 0 Å². The van der Waals surface area contributed by atoms with Gasteiger partial charge in [-0.2, -0.15) is 26.9 Å². The topological polar surface area (TPSA) is 69.2 Å². The minimum absolute atomic E-state index is 0. The zero-order valence-electron chi connectivity index (χ0n) is 16.2. The number of hydrogen-bond donors (Lipinski definition) is 0. The fourth-order valence-electron chi connectivity index (χ4n) is 2.91. The van der Waals surface area contributed by atoms with Gasteiger partial charge in [-0.3, -0.25) is 0 Å². The smallest absolute Gasteiger partial charge is 0.857 e. The zero-order chi connectivity index (χ0) is 18.2. The van der Waals surface area contributed by atoms with E-state index >= 15 is 0 Å². The Labute approximate surface area is 156 Å². The van der Waals surface area contributed by atoms with E-state index in [1.54, 1.807) is 0 Å². The van der Waals surface area contributed by atoms with Crippen LogP contribution in [0, 0.1) is 48.5 Å². The molecule has 0 unspecified atom stereocenters. The zero-order valence-corrected chi connectivity index (χ0v) is 17.8. The third-order valence-corrected chi connectivity index (χ3v) is 4.56. The van der Waals surface area contributed by atoms with Crippen LogP contribution < -0.4 is 15.3 Å². The normalized spacial score (nSPS) is 8.74. The van der Waals surface area contributed by atoms with Crippen molar-refractivity contribution in [2.75, 3.05) is 21.3 Å². The second-order valence-electron chi connectivity index (χ2n) is 5.12. The molecule has 0 N–H and O–H groups in total. The van der Waals surface area contributed by atoms with Crippen molar-refractivity contribution in [3.8, 4) is 0 Å². The second kappa shape index (κ2) is 12.8. The molecule has 3 nitrogen and oxygen atoms in total. The van der Waals surface area contributed by atoms with E-state index in [9.17, 15) is 0 Å². The molecule has 0 amide bonds. The summed E-state index contributed by atoms with van der Waals surface area (Å²) in [4.78, 5) is 0. The van der Waals surface area contributed by atoms with E-state index in [-0.39, 0.29) is 21.7 Å². The maximum atomic E-state index is 8.25. The van der Waals surface area contributed by atoms with Crippen molar-refractivity contribution in [2.45, 2.75) is 48.5 Å². The van der Waals surface area contributed by atoms with Gasteiger partial charge in [0.15, 0.2) is 0 Å². The molecule has 0 saturated heterocycles. The first-order valence-electron chi connectivity index (χ1n) is 7.22. The molecule has 128 valence electrons. The van der Waals surface area contributed by atoms with Crippen molar-refractivity contribution in [1.29, 1.82) is 0 Å². The van der Waals surface area contributed by atoms with Crippen LogP contribution >= 0.6 is 0 Å². The Morgan fingerprint density at radius 3 is 1.30 bits per heavy atom. The average Bonchev–Trinajstić information content (AvgIpc) is 2.81. The molecule has 2 aromatic carbocycles. The van der Waals surface area contributed by atoms with E-state index in [4.69, 9.17) is 15.3 Å². The molecule has 0 fully saturated rings. The maximum Gasteiger partial charge on any atom is 4.00 e. The van der Waals surface area contributed by atoms with E-state index in [1.165, 1.54) is 49.7 Å². The van der Waals surface area contributed by atoms with Crippen LogP contribution in [0.15, 0.2) is 0 Å². The minimum Gasteiger partial charge on any atom is -0.857 e. The Kier molecular flexibility index (Phi) is 15.2. The van der Waals surface area contributed by atoms with Gasteiger partial charge in [-0.25, -0.2) is 0 Å². The summed E-state index contributed by atoms with van der Waals surface area (Å²) in [5.41, 5.74) is 10.2. The van der Waals surface area contributed by atoms with Gasteiger partial charge in [0, 0.05) is 0 Å². The van der Waals surface area contributed by atoms with Crippen molar-refractivity contribution in [3.05, 3.63) is 38.9 Å². The van der Waals surface area contributed by atoms with Gasteiger partial charge >= 0.3 is 21.7 Å². The van der Waals surface area contributed by atoms with Gasteiger partial charge in [-0.15, -0.1) is 27.5 Å². The van der Waals surface area contributed by atoms with Crippen molar-refractivity contribution in [3.63, 3.8) is 0 Å². The molecule has 0 heterocycles. The Balaban J connectivity index is -0.000000514. The standard InChI is InChI=1S/C16H21.3CH3O.Ti/c1-8-9(2)12(5)16-14(7)10(3)13(6)15(16)11(8)4;3*1-2;/h1-7H3;3*1H3;/q4*-1;+4. The summed E-state index contributed by atoms with van der Waals surface area (Å²) in [6, 6.07) is 0. The summed E-state index contributed by atoms with van der Waals surface area (Å²) in [5.74, 6) is 0. The number of benzene rings is 1. The van der Waals surface area contributed by atoms with Crippen LogP contribution in [0.5, 0.6) is 0 Å². The predicted octanol–water partition coefficient (Wildman–Crippen LogP) is 1.64. The molecule has 4 heteroatoms. The molecule has 2 aromatic rings. The maximum absolute atomic E-state index is 8.25. The van der Waals surface area contributed by atoms with Crippen molar-refractivity contribution in [1.82, 2.24) is 0 Å². The van der Waals surface area contributed by atoms with Gasteiger partial charge in [0.05, 0.1) is 0 Å². The van der Waals surface area contributed by atoms with Gasteiger partial charge in [-0.05, 0) is 20.8 Å². The average molecular weight is 354 g/mol. The predicted molar refractivity (Wildman–Crippen MR) is 90.5 cm³/mol. The molecule has 2 rings (SSSR count). The van der Waals surface area contributed by atoms with Crippen LogP contribution in [-0.4, -0.2) is 21.3 Å². The molecule has 0 aliphatic carbocycles. The van der Waals surface area contributed by atoms with Crippen LogP contribution in [0.2, 0.25) is 0 Å². The Morgan fingerprint density at radius 1 is 0.565 bits per heavy atom. The molecular formula is C19H30O3Ti. The Bertz CT molecular complexity index is 548. The van der Waals surface area contributed by atoms with Crippen LogP contribution in [0.25, 0.3) is 10.8 Å². The molecular weight excluding hydrogens is 324 g/mol. The molecule has 23 heavy (non-hydrogen) atoms. The third kappa shape index (κ3) is 5.20. The first-order chi connectivity index (χ1) is 10.4. The van der Waals surface area contributed by atoms with E-state index < -0.39 is 0 Å². The third-order valence-electron chi connectivity index (χ3n) is 4.56. The fourth-order valence-corrected chi connectivity index (χ4v) is 2.91. The van der Waals surface area contributed by atoms with E-state index in [0.29, 0.717) is 0 Å². The van der Waals surface area contributed by atoms with Crippen LogP contribution in [0.4, 0.5) is 0 Å². The molecule has 0 saturated carbocycles. The van der Waals surface area contributed by atoms with Crippen LogP contribution in [0.3, 0.4) is 0 Å². The number of fused-ring (bicyclic) bond motifs is 1. The molecule has 0 spiro atoms. The van der Waals surface area contributed by atoms with Crippen LogP contribution in [-0.2, 0) is 21.7 Å². The summed E-state index contributed by atoms with van der Waals surface area (Å²) in [7, 11) is 2.25. The summed E-state index contributed by atoms with van der Waals surface area (Å²) in [6.45, 7) is 15.8. The Morgan fingerprint density at radius 2 is 0.913 bits per heavy atom. The molecule has 0 bridgehead atoms. The van der Waals surface area contributed by atoms with Crippen molar-refractivity contribution in [2.24, 2.45) is 0 Å². The van der Waals surface area contributed by atoms with Gasteiger partial charge in [0.1, 0.15) is 0 Å². The SMILES string of the molecule is C[O-].C[O-].C[O-].Cc1c(C)c(C)c2c(c1C)c(C)c(C)[c-]2C.[Ti+4]. The number of aryl methyl sites for hydroxylation is 4. The molecule has 0 aliphatic heterocycles. The summed E-state index contributed by atoms with van der Waals surface area (Å²) in [6.07, 6.45) is 0. The molecule has 0 aliphatic rings. The summed E-state index contributed by atoms with van der Waals surface area (Å²) < 4.78 is 0. The van der Waals surface area contributed by atoms with Gasteiger partial charge in [-0.1, -0.05) is 44.4 Å². The first-order valence-corrected chi connectivity index (χ1v) is 7.22. The Hall–Kier alpha value is -0.576. The van der Waals surface area contributed by atoms with Gasteiger partial charge < -0.3 is 15.3 Å². The summed E-state index contributed by atoms with van der Waals surface area (Å²) >= 11 is 0. The second-order valence-corrected chi connectivity index (χ2v) is 5.12. The quantitative estimate of drug-likeness (QED) is 0.534. The van der Waals surface area contributed by atoms with Crippen molar-refractivity contribution >= 4 is 10.8 Å². The number of rotatable bonds is 0. The molecule has 0 aromatic heterocycles. The summed E-state index contributed by atoms with van der Waals surface area (Å²) in [5, 5.41) is 27.7. The molecule has 0 atom stereocenters. The monoisotopic (exact) mass is 354 g/mol. The van der Waals surface area contributed by atoms with E-state index in [2.05, 4.69) is 48.5 Å². The van der Waals surface area contributed by atoms with Crippen molar-refractivity contribution < 1.29 is 37.0 Å². The number of hydrogen-bond acceptors (Lipinski definition) is 3. The molecule has 0 radical (unpaired) electrons. The largest absolute Gasteiger partial charge is 4.00 e. The van der Waals surface area contributed by atoms with Gasteiger partial charge in [0.25, 0.3) is 0 Å². The van der Waals surface area contributed by atoms with E-state index in [0.717, 1.165) is 21.3 Å². The minimum atomic E-state index is 0. The van der Waals surface area contributed by atoms with E-state index in [1.807, 2.05) is 0 Å². The fraction of sp³-hybridized carbons (Fsp3) is 0.526. The first kappa shape index (κ1) is 27.3. The van der Waals surface area contributed by atoms with Crippen LogP contribution in [0.1, 0.15) is 38.9 Å².